The van der Waals surface area contributed by atoms with E-state index in [1.54, 1.807) is 0 Å². The third-order valence-electron chi connectivity index (χ3n) is 7.85. The summed E-state index contributed by atoms with van der Waals surface area (Å²) in [6.07, 6.45) is 6.62. The van der Waals surface area contributed by atoms with Gasteiger partial charge in [0.05, 0.1) is 11.6 Å². The number of aromatic nitrogens is 2. The van der Waals surface area contributed by atoms with Crippen molar-refractivity contribution in [2.24, 2.45) is 11.7 Å². The van der Waals surface area contributed by atoms with Crippen LogP contribution >= 0.6 is 0 Å². The van der Waals surface area contributed by atoms with Crippen molar-refractivity contribution >= 4 is 16.8 Å². The van der Waals surface area contributed by atoms with Gasteiger partial charge < -0.3 is 5.73 Å². The summed E-state index contributed by atoms with van der Waals surface area (Å²) in [5.41, 5.74) is 8.06. The molecule has 1 aromatic carbocycles. The highest BCUT2D eigenvalue weighted by Gasteiger charge is 2.43. The van der Waals surface area contributed by atoms with Crippen molar-refractivity contribution in [1.82, 2.24) is 19.6 Å². The summed E-state index contributed by atoms with van der Waals surface area (Å²) in [7, 11) is 2.23. The molecule has 1 aromatic heterocycles. The molecule has 0 radical (unpaired) electrons. The molecular formula is C25H39N5O. The summed E-state index contributed by atoms with van der Waals surface area (Å²) in [5.74, 6) is 0.331. The summed E-state index contributed by atoms with van der Waals surface area (Å²) in [4.78, 5) is 17.2. The number of hydrogen-bond acceptors (Lipinski definition) is 4. The first-order valence-electron chi connectivity index (χ1n) is 11.7. The van der Waals surface area contributed by atoms with E-state index in [1.165, 1.54) is 6.42 Å². The lowest BCUT2D eigenvalue weighted by molar-refractivity contribution is -0.124. The fraction of sp³-hybridized carbons (Fsp3) is 0.680. The van der Waals surface area contributed by atoms with Gasteiger partial charge in [-0.2, -0.15) is 5.10 Å². The molecular weight excluding hydrogens is 386 g/mol. The number of piperidine rings is 2. The maximum absolute atomic E-state index is 12.4. The first kappa shape index (κ1) is 22.3. The zero-order chi connectivity index (χ0) is 22.6. The highest BCUT2D eigenvalue weighted by molar-refractivity contribution is 5.85. The van der Waals surface area contributed by atoms with E-state index in [0.717, 1.165) is 48.8 Å². The Labute approximate surface area is 186 Å². The van der Waals surface area contributed by atoms with Crippen LogP contribution < -0.4 is 5.73 Å². The molecule has 4 rings (SSSR count). The number of carbonyl (C=O) groups excluding carboxylic acids is 1. The number of primary amides is 1. The molecule has 2 saturated heterocycles. The molecule has 2 aliphatic rings. The number of nitrogens with two attached hydrogens (primary N) is 1. The average molecular weight is 426 g/mol. The minimum atomic E-state index is -0.364. The van der Waals surface area contributed by atoms with Crippen LogP contribution in [0.25, 0.3) is 10.9 Å². The Kier molecular flexibility index (Phi) is 5.67. The van der Waals surface area contributed by atoms with Gasteiger partial charge in [0.15, 0.2) is 0 Å². The molecule has 2 N–H and O–H groups in total. The Morgan fingerprint density at radius 3 is 2.48 bits per heavy atom. The summed E-state index contributed by atoms with van der Waals surface area (Å²) in [6.45, 7) is 13.4. The molecule has 0 bridgehead atoms. The Hall–Kier alpha value is -1.92. The van der Waals surface area contributed by atoms with Crippen molar-refractivity contribution in [3.05, 3.63) is 30.0 Å². The van der Waals surface area contributed by atoms with E-state index in [2.05, 4.69) is 74.5 Å². The second-order valence-electron chi connectivity index (χ2n) is 11.2. The number of likely N-dealkylation sites (tertiary alicyclic amines) is 2. The monoisotopic (exact) mass is 425 g/mol. The van der Waals surface area contributed by atoms with Crippen LogP contribution in [0.1, 0.15) is 77.9 Å². The Balaban J connectivity index is 1.64. The molecule has 0 unspecified atom stereocenters. The largest absolute Gasteiger partial charge is 0.368 e. The van der Waals surface area contributed by atoms with Crippen LogP contribution in [-0.4, -0.2) is 56.7 Å². The van der Waals surface area contributed by atoms with E-state index in [0.29, 0.717) is 12.0 Å². The summed E-state index contributed by atoms with van der Waals surface area (Å²) in [6, 6.07) is 6.20. The maximum Gasteiger partial charge on any atom is 0.239 e. The minimum absolute atomic E-state index is 0.109. The Bertz CT molecular complexity index is 944. The van der Waals surface area contributed by atoms with Gasteiger partial charge in [0.25, 0.3) is 0 Å². The lowest BCUT2D eigenvalue weighted by Gasteiger charge is -2.53. The molecule has 3 heterocycles. The van der Waals surface area contributed by atoms with Crippen LogP contribution in [0, 0.1) is 5.92 Å². The van der Waals surface area contributed by atoms with Crippen LogP contribution in [0.2, 0.25) is 0 Å². The first-order valence-corrected chi connectivity index (χ1v) is 11.7. The number of rotatable bonds is 4. The number of nitrogens with zero attached hydrogens (tertiary/aromatic N) is 4. The number of fused-ring (bicyclic) bond motifs is 1. The predicted molar refractivity (Wildman–Crippen MR) is 126 cm³/mol. The van der Waals surface area contributed by atoms with Crippen molar-refractivity contribution < 1.29 is 4.79 Å². The van der Waals surface area contributed by atoms with Gasteiger partial charge in [-0.05, 0) is 90.6 Å². The molecule has 0 saturated carbocycles. The molecule has 170 valence electrons. The second-order valence-corrected chi connectivity index (χ2v) is 11.2. The topological polar surface area (TPSA) is 67.4 Å². The van der Waals surface area contributed by atoms with Gasteiger partial charge in [-0.1, -0.05) is 13.0 Å². The summed E-state index contributed by atoms with van der Waals surface area (Å²) in [5, 5.41) is 6.02. The molecule has 0 aliphatic carbocycles. The lowest BCUT2D eigenvalue weighted by atomic mass is 9.77. The summed E-state index contributed by atoms with van der Waals surface area (Å²) >= 11 is 0. The fourth-order valence-electron chi connectivity index (χ4n) is 5.94. The van der Waals surface area contributed by atoms with Crippen molar-refractivity contribution in [3.63, 3.8) is 0 Å². The van der Waals surface area contributed by atoms with E-state index in [-0.39, 0.29) is 23.0 Å². The van der Waals surface area contributed by atoms with Crippen LogP contribution in [0.15, 0.2) is 24.4 Å². The number of amides is 1. The van der Waals surface area contributed by atoms with Crippen LogP contribution in [-0.2, 0) is 4.79 Å². The number of benzene rings is 1. The van der Waals surface area contributed by atoms with E-state index in [1.807, 2.05) is 6.07 Å². The van der Waals surface area contributed by atoms with Gasteiger partial charge in [-0.25, -0.2) is 0 Å². The molecule has 1 amide bonds. The number of hydrogen-bond donors (Lipinski definition) is 1. The third-order valence-corrected chi connectivity index (χ3v) is 7.85. The Morgan fingerprint density at radius 1 is 1.19 bits per heavy atom. The van der Waals surface area contributed by atoms with Gasteiger partial charge >= 0.3 is 0 Å². The summed E-state index contributed by atoms with van der Waals surface area (Å²) < 4.78 is 2.16. The highest BCUT2D eigenvalue weighted by Crippen LogP contribution is 2.42. The van der Waals surface area contributed by atoms with Gasteiger partial charge in [-0.15, -0.1) is 0 Å². The maximum atomic E-state index is 12.4. The smallest absolute Gasteiger partial charge is 0.239 e. The normalized spacial score (nSPS) is 26.2. The molecule has 6 nitrogen and oxygen atoms in total. The molecule has 2 aliphatic heterocycles. The predicted octanol–water partition coefficient (Wildman–Crippen LogP) is 4.12. The standard InChI is InChI=1S/C25H39N5O/c1-17-8-7-11-29(15-17)22(23(26)31)18-9-10-21-19(12-18)16-30(27-21)20-13-24(2,3)28(6)25(4,5)14-20/h9-10,12,16-17,20,22H,7-8,11,13-15H2,1-6H3,(H2,26,31)/t17-,22+/m0/s1. The molecule has 6 heteroatoms. The molecule has 2 aromatic rings. The molecule has 2 atom stereocenters. The zero-order valence-electron chi connectivity index (χ0n) is 20.1. The van der Waals surface area contributed by atoms with E-state index in [4.69, 9.17) is 10.8 Å². The minimum Gasteiger partial charge on any atom is -0.368 e. The van der Waals surface area contributed by atoms with Crippen molar-refractivity contribution in [2.75, 3.05) is 20.1 Å². The van der Waals surface area contributed by atoms with Gasteiger partial charge in [-0.3, -0.25) is 19.3 Å². The van der Waals surface area contributed by atoms with E-state index in [9.17, 15) is 4.79 Å². The average Bonchev–Trinajstić information content (AvgIpc) is 3.09. The van der Waals surface area contributed by atoms with E-state index < -0.39 is 0 Å². The Morgan fingerprint density at radius 2 is 1.87 bits per heavy atom. The van der Waals surface area contributed by atoms with Gasteiger partial charge in [0.2, 0.25) is 5.91 Å². The fourth-order valence-corrected chi connectivity index (χ4v) is 5.94. The van der Waals surface area contributed by atoms with E-state index >= 15 is 0 Å². The highest BCUT2D eigenvalue weighted by atomic mass is 16.1. The van der Waals surface area contributed by atoms with Gasteiger partial charge in [0, 0.05) is 29.2 Å². The van der Waals surface area contributed by atoms with Crippen molar-refractivity contribution in [2.45, 2.75) is 83.5 Å². The van der Waals surface area contributed by atoms with Crippen molar-refractivity contribution in [1.29, 1.82) is 0 Å². The molecule has 31 heavy (non-hydrogen) atoms. The second kappa shape index (κ2) is 7.89. The number of carbonyl (C=O) groups is 1. The molecule has 0 spiro atoms. The van der Waals surface area contributed by atoms with Crippen LogP contribution in [0.4, 0.5) is 0 Å². The SMILES string of the molecule is C[C@H]1CCCN([C@@H](C(N)=O)c2ccc3nn(C4CC(C)(C)N(C)C(C)(C)C4)cc3c2)C1. The van der Waals surface area contributed by atoms with Gasteiger partial charge in [0.1, 0.15) is 6.04 Å². The van der Waals surface area contributed by atoms with Crippen LogP contribution in [0.5, 0.6) is 0 Å². The lowest BCUT2D eigenvalue weighted by Crippen LogP contribution is -2.58. The third kappa shape index (κ3) is 4.24. The zero-order valence-corrected chi connectivity index (χ0v) is 20.1. The van der Waals surface area contributed by atoms with Crippen molar-refractivity contribution in [3.8, 4) is 0 Å². The quantitative estimate of drug-likeness (QED) is 0.800. The first-order chi connectivity index (χ1) is 14.5. The molecule has 2 fully saturated rings. The van der Waals surface area contributed by atoms with Crippen LogP contribution in [0.3, 0.4) is 0 Å².